The highest BCUT2D eigenvalue weighted by Gasteiger charge is 2.58. The molecule has 3 fully saturated rings. The highest BCUT2D eigenvalue weighted by Crippen LogP contribution is 2.65. The maximum Gasteiger partial charge on any atom is 0.159 e. The fourth-order valence-electron chi connectivity index (χ4n) is 6.34. The van der Waals surface area contributed by atoms with Crippen LogP contribution in [-0.2, 0) is 4.79 Å². The van der Waals surface area contributed by atoms with Crippen LogP contribution in [0.4, 0.5) is 0 Å². The minimum absolute atomic E-state index is 0.243. The highest BCUT2D eigenvalue weighted by molar-refractivity contribution is 5.94. The van der Waals surface area contributed by atoms with Crippen LogP contribution in [0.15, 0.2) is 23.8 Å². The Hall–Kier alpha value is -0.850. The van der Waals surface area contributed by atoms with Crippen molar-refractivity contribution in [3.63, 3.8) is 0 Å². The molecule has 0 aliphatic heterocycles. The Bertz CT molecular complexity index is 542. The van der Waals surface area contributed by atoms with Gasteiger partial charge in [-0.3, -0.25) is 4.79 Å². The molecule has 4 rings (SSSR count). The van der Waals surface area contributed by atoms with Gasteiger partial charge >= 0.3 is 0 Å². The van der Waals surface area contributed by atoms with Crippen molar-refractivity contribution in [1.82, 2.24) is 0 Å². The largest absolute Gasteiger partial charge is 0.295 e. The standard InChI is InChI=1S/C20H28O/c1-13-7-8-15-18-16(9-11-19(13,15)2)20(3)10-5-4-6-14(20)12-17(18)21/h12,15-16,18H,1,4-11H2,2-3H3. The number of hydrogen-bond acceptors (Lipinski definition) is 1. The number of fused-ring (bicyclic) bond motifs is 5. The fraction of sp³-hybridized carbons (Fsp3) is 0.750. The molecule has 0 radical (unpaired) electrons. The van der Waals surface area contributed by atoms with Crippen molar-refractivity contribution in [2.24, 2.45) is 28.6 Å². The zero-order valence-corrected chi connectivity index (χ0v) is 13.6. The lowest BCUT2D eigenvalue weighted by Gasteiger charge is -2.56. The molecule has 5 unspecified atom stereocenters. The maximum atomic E-state index is 12.9. The van der Waals surface area contributed by atoms with E-state index < -0.39 is 0 Å². The second kappa shape index (κ2) is 4.33. The Morgan fingerprint density at radius 2 is 1.81 bits per heavy atom. The SMILES string of the molecule is C=C1CCC2C3C(=O)C=C4CCCCC4(C)C3CCC12C. The van der Waals surface area contributed by atoms with Gasteiger partial charge in [0.25, 0.3) is 0 Å². The summed E-state index contributed by atoms with van der Waals surface area (Å²) in [6, 6.07) is 0. The molecule has 0 bridgehead atoms. The summed E-state index contributed by atoms with van der Waals surface area (Å²) in [4.78, 5) is 12.9. The minimum Gasteiger partial charge on any atom is -0.295 e. The van der Waals surface area contributed by atoms with Gasteiger partial charge in [-0.15, -0.1) is 0 Å². The summed E-state index contributed by atoms with van der Waals surface area (Å²) < 4.78 is 0. The molecule has 0 heterocycles. The molecular weight excluding hydrogens is 256 g/mol. The topological polar surface area (TPSA) is 17.1 Å². The van der Waals surface area contributed by atoms with Crippen molar-refractivity contribution in [3.8, 4) is 0 Å². The van der Waals surface area contributed by atoms with E-state index in [-0.39, 0.29) is 11.3 Å². The van der Waals surface area contributed by atoms with Crippen molar-refractivity contribution in [2.75, 3.05) is 0 Å². The zero-order chi connectivity index (χ0) is 14.8. The monoisotopic (exact) mass is 284 g/mol. The van der Waals surface area contributed by atoms with Gasteiger partial charge in [0.2, 0.25) is 0 Å². The average molecular weight is 284 g/mol. The van der Waals surface area contributed by atoms with Crippen LogP contribution in [0.25, 0.3) is 0 Å². The number of rotatable bonds is 0. The van der Waals surface area contributed by atoms with Crippen molar-refractivity contribution >= 4 is 5.78 Å². The molecule has 1 heteroatoms. The first-order valence-corrected chi connectivity index (χ1v) is 8.90. The Balaban J connectivity index is 1.78. The van der Waals surface area contributed by atoms with Crippen LogP contribution < -0.4 is 0 Å². The van der Waals surface area contributed by atoms with E-state index in [0.29, 0.717) is 23.0 Å². The molecule has 0 amide bonds. The van der Waals surface area contributed by atoms with Crippen LogP contribution in [0.1, 0.15) is 65.2 Å². The molecular formula is C20H28O. The van der Waals surface area contributed by atoms with Gasteiger partial charge in [-0.2, -0.15) is 0 Å². The van der Waals surface area contributed by atoms with E-state index in [9.17, 15) is 4.79 Å². The number of carbonyl (C=O) groups is 1. The van der Waals surface area contributed by atoms with E-state index >= 15 is 0 Å². The van der Waals surface area contributed by atoms with Gasteiger partial charge in [-0.25, -0.2) is 0 Å². The molecule has 114 valence electrons. The number of hydrogen-bond donors (Lipinski definition) is 0. The molecule has 0 aromatic rings. The quantitative estimate of drug-likeness (QED) is 0.567. The van der Waals surface area contributed by atoms with Crippen LogP contribution in [-0.4, -0.2) is 5.78 Å². The molecule has 0 aromatic carbocycles. The molecule has 5 atom stereocenters. The highest BCUT2D eigenvalue weighted by atomic mass is 16.1. The summed E-state index contributed by atoms with van der Waals surface area (Å²) in [5, 5.41) is 0. The van der Waals surface area contributed by atoms with E-state index in [0.717, 1.165) is 6.42 Å². The third-order valence-electron chi connectivity index (χ3n) is 7.81. The predicted molar refractivity (Wildman–Crippen MR) is 85.9 cm³/mol. The van der Waals surface area contributed by atoms with E-state index in [2.05, 4.69) is 26.5 Å². The zero-order valence-electron chi connectivity index (χ0n) is 13.6. The lowest BCUT2D eigenvalue weighted by molar-refractivity contribution is -0.131. The Labute approximate surface area is 128 Å². The molecule has 0 spiro atoms. The summed E-state index contributed by atoms with van der Waals surface area (Å²) in [5.41, 5.74) is 3.47. The van der Waals surface area contributed by atoms with Crippen LogP contribution >= 0.6 is 0 Å². The second-order valence-corrected chi connectivity index (χ2v) is 8.53. The third-order valence-corrected chi connectivity index (χ3v) is 7.81. The van der Waals surface area contributed by atoms with Crippen LogP contribution in [0.2, 0.25) is 0 Å². The second-order valence-electron chi connectivity index (χ2n) is 8.53. The molecule has 21 heavy (non-hydrogen) atoms. The first kappa shape index (κ1) is 13.8. The molecule has 3 saturated carbocycles. The van der Waals surface area contributed by atoms with E-state index in [1.165, 1.54) is 56.1 Å². The van der Waals surface area contributed by atoms with Crippen molar-refractivity contribution < 1.29 is 4.79 Å². The van der Waals surface area contributed by atoms with Crippen molar-refractivity contribution in [1.29, 1.82) is 0 Å². The van der Waals surface area contributed by atoms with Crippen LogP contribution in [0.3, 0.4) is 0 Å². The minimum atomic E-state index is 0.243. The van der Waals surface area contributed by atoms with E-state index in [1.807, 2.05) is 0 Å². The molecule has 1 nitrogen and oxygen atoms in total. The lowest BCUT2D eigenvalue weighted by Crippen LogP contribution is -2.51. The van der Waals surface area contributed by atoms with Gasteiger partial charge in [0.05, 0.1) is 0 Å². The summed E-state index contributed by atoms with van der Waals surface area (Å²) >= 11 is 0. The van der Waals surface area contributed by atoms with Gasteiger partial charge in [0, 0.05) is 5.92 Å². The van der Waals surface area contributed by atoms with Crippen molar-refractivity contribution in [2.45, 2.75) is 65.2 Å². The molecule has 4 aliphatic carbocycles. The van der Waals surface area contributed by atoms with Gasteiger partial charge in [0.1, 0.15) is 0 Å². The number of carbonyl (C=O) groups excluding carboxylic acids is 1. The normalized spacial score (nSPS) is 49.2. The van der Waals surface area contributed by atoms with Crippen LogP contribution in [0, 0.1) is 28.6 Å². The fourth-order valence-corrected chi connectivity index (χ4v) is 6.34. The van der Waals surface area contributed by atoms with Gasteiger partial charge in [-0.1, -0.05) is 38.0 Å². The molecule has 0 saturated heterocycles. The van der Waals surface area contributed by atoms with Gasteiger partial charge in [0.15, 0.2) is 5.78 Å². The summed E-state index contributed by atoms with van der Waals surface area (Å²) in [6.45, 7) is 9.20. The summed E-state index contributed by atoms with van der Waals surface area (Å²) in [5.74, 6) is 1.91. The Kier molecular flexibility index (Phi) is 2.85. The Morgan fingerprint density at radius 3 is 2.62 bits per heavy atom. The number of ketones is 1. The van der Waals surface area contributed by atoms with Crippen LogP contribution in [0.5, 0.6) is 0 Å². The summed E-state index contributed by atoms with van der Waals surface area (Å²) in [6.07, 6.45) is 12.0. The van der Waals surface area contributed by atoms with E-state index in [1.54, 1.807) is 0 Å². The summed E-state index contributed by atoms with van der Waals surface area (Å²) in [7, 11) is 0. The molecule has 0 N–H and O–H groups in total. The first-order valence-electron chi connectivity index (χ1n) is 8.90. The predicted octanol–water partition coefficient (Wildman–Crippen LogP) is 5.07. The smallest absolute Gasteiger partial charge is 0.159 e. The Morgan fingerprint density at radius 1 is 1.05 bits per heavy atom. The van der Waals surface area contributed by atoms with Gasteiger partial charge in [-0.05, 0) is 73.7 Å². The van der Waals surface area contributed by atoms with E-state index in [4.69, 9.17) is 0 Å². The first-order chi connectivity index (χ1) is 9.97. The third kappa shape index (κ3) is 1.67. The van der Waals surface area contributed by atoms with Gasteiger partial charge < -0.3 is 0 Å². The lowest BCUT2D eigenvalue weighted by atomic mass is 9.48. The average Bonchev–Trinajstić information content (AvgIpc) is 2.76. The molecule has 0 aromatic heterocycles. The van der Waals surface area contributed by atoms with Crippen molar-refractivity contribution in [3.05, 3.63) is 23.8 Å². The molecule has 4 aliphatic rings. The number of allylic oxidation sites excluding steroid dienone is 3. The maximum absolute atomic E-state index is 12.9.